The Bertz CT molecular complexity index is 375. The molecule has 15 heavy (non-hydrogen) atoms. The van der Waals surface area contributed by atoms with Crippen molar-refractivity contribution in [3.05, 3.63) is 10.3 Å². The third kappa shape index (κ3) is 1.72. The molecule has 1 aliphatic heterocycles. The van der Waals surface area contributed by atoms with Crippen molar-refractivity contribution in [1.29, 1.82) is 0 Å². The molecule has 0 spiro atoms. The van der Waals surface area contributed by atoms with E-state index in [-0.39, 0.29) is 5.78 Å². The van der Waals surface area contributed by atoms with Gasteiger partial charge in [-0.05, 0) is 42.2 Å². The molecule has 0 amide bonds. The maximum Gasteiger partial charge on any atom is 0.203 e. The van der Waals surface area contributed by atoms with Gasteiger partial charge in [-0.25, -0.2) is 4.68 Å². The van der Waals surface area contributed by atoms with Crippen LogP contribution in [0, 0.1) is 0 Å². The molecule has 6 heteroatoms. The molecule has 0 radical (unpaired) electrons. The molecular weight excluding hydrogens is 260 g/mol. The van der Waals surface area contributed by atoms with Crippen LogP contribution in [0.25, 0.3) is 0 Å². The minimum atomic E-state index is -0.460. The molecule has 1 unspecified atom stereocenters. The van der Waals surface area contributed by atoms with Gasteiger partial charge in [0.05, 0.1) is 5.54 Å². The molecule has 1 N–H and O–H groups in total. The van der Waals surface area contributed by atoms with Gasteiger partial charge in [-0.3, -0.25) is 4.79 Å². The van der Waals surface area contributed by atoms with Crippen LogP contribution in [0.1, 0.15) is 30.3 Å². The second kappa shape index (κ2) is 3.68. The Morgan fingerprint density at radius 1 is 1.67 bits per heavy atom. The second-order valence-corrected chi connectivity index (χ2v) is 4.80. The normalized spacial score (nSPS) is 25.8. The minimum Gasteiger partial charge on any atom is -0.305 e. The number of halogens is 1. The molecular formula is C9H13BrN4O. The molecule has 0 saturated carbocycles. The first-order valence-electron chi connectivity index (χ1n) is 4.89. The summed E-state index contributed by atoms with van der Waals surface area (Å²) in [5.41, 5.74) is 0.0738. The van der Waals surface area contributed by atoms with E-state index in [0.29, 0.717) is 10.3 Å². The molecule has 1 atom stereocenters. The number of carbonyl (C=O) groups is 1. The van der Waals surface area contributed by atoms with Gasteiger partial charge < -0.3 is 5.32 Å². The van der Waals surface area contributed by atoms with Crippen molar-refractivity contribution in [2.75, 3.05) is 6.54 Å². The molecule has 0 aromatic carbocycles. The van der Waals surface area contributed by atoms with Crippen LogP contribution in [-0.2, 0) is 7.05 Å². The first kappa shape index (κ1) is 10.8. The SMILES string of the molecule is Cn1nnc(Br)c1C(=O)C1(C)CCCN1. The Kier molecular flexibility index (Phi) is 2.64. The quantitative estimate of drug-likeness (QED) is 0.813. The zero-order valence-electron chi connectivity index (χ0n) is 8.75. The van der Waals surface area contributed by atoms with E-state index in [1.807, 2.05) is 6.92 Å². The van der Waals surface area contributed by atoms with E-state index in [1.165, 1.54) is 4.68 Å². The fraction of sp³-hybridized carbons (Fsp3) is 0.667. The lowest BCUT2D eigenvalue weighted by Gasteiger charge is -2.22. The lowest BCUT2D eigenvalue weighted by molar-refractivity contribution is 0.0873. The van der Waals surface area contributed by atoms with Crippen LogP contribution < -0.4 is 5.32 Å². The summed E-state index contributed by atoms with van der Waals surface area (Å²) in [7, 11) is 1.73. The van der Waals surface area contributed by atoms with Gasteiger partial charge in [0.2, 0.25) is 5.78 Å². The van der Waals surface area contributed by atoms with E-state index < -0.39 is 5.54 Å². The van der Waals surface area contributed by atoms with Crippen molar-refractivity contribution in [3.8, 4) is 0 Å². The zero-order chi connectivity index (χ0) is 11.1. The van der Waals surface area contributed by atoms with E-state index in [1.54, 1.807) is 7.05 Å². The number of hydrogen-bond acceptors (Lipinski definition) is 4. The minimum absolute atomic E-state index is 0.0550. The topological polar surface area (TPSA) is 59.8 Å². The molecule has 1 fully saturated rings. The van der Waals surface area contributed by atoms with Gasteiger partial charge >= 0.3 is 0 Å². The number of aromatic nitrogens is 3. The van der Waals surface area contributed by atoms with Gasteiger partial charge in [0.25, 0.3) is 0 Å². The molecule has 2 heterocycles. The average Bonchev–Trinajstić information content (AvgIpc) is 2.75. The van der Waals surface area contributed by atoms with E-state index in [4.69, 9.17) is 0 Å². The molecule has 1 aromatic rings. The molecule has 82 valence electrons. The average molecular weight is 273 g/mol. The first-order valence-corrected chi connectivity index (χ1v) is 5.69. The van der Waals surface area contributed by atoms with E-state index in [2.05, 4.69) is 31.6 Å². The Morgan fingerprint density at radius 3 is 2.87 bits per heavy atom. The molecule has 2 rings (SSSR count). The second-order valence-electron chi connectivity index (χ2n) is 4.04. The predicted molar refractivity (Wildman–Crippen MR) is 58.7 cm³/mol. The van der Waals surface area contributed by atoms with Crippen LogP contribution in [0.15, 0.2) is 4.60 Å². The first-order chi connectivity index (χ1) is 7.04. The van der Waals surface area contributed by atoms with Crippen molar-refractivity contribution < 1.29 is 4.79 Å². The molecule has 1 saturated heterocycles. The van der Waals surface area contributed by atoms with Crippen LogP contribution >= 0.6 is 15.9 Å². The summed E-state index contributed by atoms with van der Waals surface area (Å²) in [6.07, 6.45) is 1.90. The van der Waals surface area contributed by atoms with Gasteiger partial charge in [0.1, 0.15) is 5.69 Å². The number of nitrogens with zero attached hydrogens (tertiary/aromatic N) is 3. The highest BCUT2D eigenvalue weighted by atomic mass is 79.9. The molecule has 5 nitrogen and oxygen atoms in total. The van der Waals surface area contributed by atoms with E-state index in [0.717, 1.165) is 19.4 Å². The number of carbonyl (C=O) groups excluding carboxylic acids is 1. The number of ketones is 1. The number of nitrogens with one attached hydrogen (secondary N) is 1. The van der Waals surface area contributed by atoms with E-state index >= 15 is 0 Å². The highest BCUT2D eigenvalue weighted by Crippen LogP contribution is 2.25. The lowest BCUT2D eigenvalue weighted by Crippen LogP contribution is -2.45. The standard InChI is InChI=1S/C9H13BrN4O/c1-9(4-3-5-11-9)7(15)6-8(10)12-13-14(6)2/h11H,3-5H2,1-2H3. The molecule has 0 bridgehead atoms. The van der Waals surface area contributed by atoms with Crippen LogP contribution in [0.4, 0.5) is 0 Å². The van der Waals surface area contributed by atoms with Gasteiger partial charge in [-0.2, -0.15) is 0 Å². The van der Waals surface area contributed by atoms with Crippen molar-refractivity contribution in [2.45, 2.75) is 25.3 Å². The van der Waals surface area contributed by atoms with Crippen LogP contribution in [0.2, 0.25) is 0 Å². The Hall–Kier alpha value is -0.750. The Balaban J connectivity index is 2.35. The summed E-state index contributed by atoms with van der Waals surface area (Å²) < 4.78 is 2.03. The smallest absolute Gasteiger partial charge is 0.203 e. The van der Waals surface area contributed by atoms with Crippen molar-refractivity contribution in [3.63, 3.8) is 0 Å². The zero-order valence-corrected chi connectivity index (χ0v) is 10.3. The fourth-order valence-electron chi connectivity index (χ4n) is 1.92. The van der Waals surface area contributed by atoms with Gasteiger partial charge in [-0.1, -0.05) is 5.21 Å². The number of hydrogen-bond donors (Lipinski definition) is 1. The van der Waals surface area contributed by atoms with Crippen LogP contribution in [0.3, 0.4) is 0 Å². The summed E-state index contributed by atoms with van der Waals surface area (Å²) in [5.74, 6) is 0.0550. The number of aryl methyl sites for hydroxylation is 1. The molecule has 1 aromatic heterocycles. The largest absolute Gasteiger partial charge is 0.305 e. The van der Waals surface area contributed by atoms with Crippen LogP contribution in [-0.4, -0.2) is 32.9 Å². The van der Waals surface area contributed by atoms with Gasteiger partial charge in [0.15, 0.2) is 4.60 Å². The summed E-state index contributed by atoms with van der Waals surface area (Å²) >= 11 is 3.25. The van der Waals surface area contributed by atoms with E-state index in [9.17, 15) is 4.79 Å². The third-order valence-electron chi connectivity index (χ3n) is 2.87. The summed E-state index contributed by atoms with van der Waals surface area (Å²) in [4.78, 5) is 12.3. The van der Waals surface area contributed by atoms with Crippen LogP contribution in [0.5, 0.6) is 0 Å². The highest BCUT2D eigenvalue weighted by Gasteiger charge is 2.39. The third-order valence-corrected chi connectivity index (χ3v) is 3.40. The Morgan fingerprint density at radius 2 is 2.40 bits per heavy atom. The number of Topliss-reactive ketones (excluding diaryl/α,β-unsaturated/α-hetero) is 1. The number of rotatable bonds is 2. The molecule has 0 aliphatic carbocycles. The fourth-order valence-corrected chi connectivity index (χ4v) is 2.43. The van der Waals surface area contributed by atoms with Crippen molar-refractivity contribution in [1.82, 2.24) is 20.3 Å². The van der Waals surface area contributed by atoms with Crippen molar-refractivity contribution >= 4 is 21.7 Å². The summed E-state index contributed by atoms with van der Waals surface area (Å²) in [6.45, 7) is 2.83. The summed E-state index contributed by atoms with van der Waals surface area (Å²) in [5, 5.41) is 10.9. The predicted octanol–water partition coefficient (Wildman–Crippen LogP) is 0.902. The van der Waals surface area contributed by atoms with Gasteiger partial charge in [-0.15, -0.1) is 5.10 Å². The highest BCUT2D eigenvalue weighted by molar-refractivity contribution is 9.10. The molecule has 1 aliphatic rings. The van der Waals surface area contributed by atoms with Crippen molar-refractivity contribution in [2.24, 2.45) is 7.05 Å². The monoisotopic (exact) mass is 272 g/mol. The summed E-state index contributed by atoms with van der Waals surface area (Å²) in [6, 6.07) is 0. The maximum absolute atomic E-state index is 12.3. The van der Waals surface area contributed by atoms with Gasteiger partial charge in [0, 0.05) is 7.05 Å². The lowest BCUT2D eigenvalue weighted by atomic mass is 9.93. The Labute approximate surface area is 96.4 Å². The maximum atomic E-state index is 12.3.